The fourth-order valence-corrected chi connectivity index (χ4v) is 4.11. The van der Waals surface area contributed by atoms with Crippen LogP contribution in [-0.4, -0.2) is 41.7 Å². The first kappa shape index (κ1) is 20.3. The SMILES string of the molecule is CCOc1nc2cc(Cl)c(OCC3CC(OC[C@H](C)CC(C)=O)C3)nc2s1. The molecule has 2 heterocycles. The fourth-order valence-electron chi connectivity index (χ4n) is 3.09. The zero-order valence-corrected chi connectivity index (χ0v) is 17.4. The van der Waals surface area contributed by atoms with Gasteiger partial charge in [-0.15, -0.1) is 0 Å². The van der Waals surface area contributed by atoms with Crippen molar-refractivity contribution in [3.63, 3.8) is 0 Å². The molecule has 0 aromatic carbocycles. The second-order valence-electron chi connectivity index (χ2n) is 7.13. The maximum absolute atomic E-state index is 11.1. The number of carbonyl (C=O) groups excluding carboxylic acids is 1. The number of hydrogen-bond donors (Lipinski definition) is 0. The molecule has 6 nitrogen and oxygen atoms in total. The summed E-state index contributed by atoms with van der Waals surface area (Å²) in [6.45, 7) is 7.35. The van der Waals surface area contributed by atoms with Crippen molar-refractivity contribution in [2.75, 3.05) is 19.8 Å². The number of halogens is 1. The Labute approximate surface area is 168 Å². The quantitative estimate of drug-likeness (QED) is 0.570. The first-order chi connectivity index (χ1) is 12.9. The van der Waals surface area contributed by atoms with Gasteiger partial charge in [-0.05, 0) is 44.6 Å². The van der Waals surface area contributed by atoms with E-state index in [1.807, 2.05) is 13.8 Å². The largest absolute Gasteiger partial charge is 0.476 e. The molecule has 1 aliphatic carbocycles. The number of hydrogen-bond acceptors (Lipinski definition) is 7. The second-order valence-corrected chi connectivity index (χ2v) is 8.47. The molecule has 0 spiro atoms. The van der Waals surface area contributed by atoms with Crippen molar-refractivity contribution < 1.29 is 19.0 Å². The molecule has 2 aromatic rings. The van der Waals surface area contributed by atoms with Crippen molar-refractivity contribution in [3.05, 3.63) is 11.1 Å². The Balaban J connectivity index is 1.44. The van der Waals surface area contributed by atoms with Gasteiger partial charge in [-0.2, -0.15) is 4.98 Å². The zero-order chi connectivity index (χ0) is 19.4. The predicted molar refractivity (Wildman–Crippen MR) is 106 cm³/mol. The fraction of sp³-hybridized carbons (Fsp3) is 0.632. The molecule has 27 heavy (non-hydrogen) atoms. The van der Waals surface area contributed by atoms with E-state index in [2.05, 4.69) is 9.97 Å². The standard InChI is InChI=1S/C19H25ClN2O4S/c1-4-24-19-21-16-8-15(20)17(22-18(16)27-19)26-10-13-6-14(7-13)25-9-11(2)5-12(3)23/h8,11,13-14H,4-7,9-10H2,1-3H3/t11-,13?,14?/m1/s1. The average Bonchev–Trinajstić information content (AvgIpc) is 2.93. The highest BCUT2D eigenvalue weighted by Gasteiger charge is 2.31. The summed E-state index contributed by atoms with van der Waals surface area (Å²) >= 11 is 7.66. The summed E-state index contributed by atoms with van der Waals surface area (Å²) in [4.78, 5) is 20.7. The van der Waals surface area contributed by atoms with Gasteiger partial charge in [0.05, 0.1) is 19.3 Å². The third kappa shape index (κ3) is 5.53. The Bertz CT molecular complexity index is 791. The number of rotatable bonds is 10. The van der Waals surface area contributed by atoms with Gasteiger partial charge in [-0.1, -0.05) is 29.9 Å². The first-order valence-corrected chi connectivity index (χ1v) is 10.5. The van der Waals surface area contributed by atoms with Crippen molar-refractivity contribution >= 4 is 39.1 Å². The number of nitrogens with zero attached hydrogens (tertiary/aromatic N) is 2. The van der Waals surface area contributed by atoms with Crippen LogP contribution in [0.2, 0.25) is 5.02 Å². The molecule has 0 radical (unpaired) electrons. The molecule has 2 aromatic heterocycles. The predicted octanol–water partition coefficient (Wildman–Crippen LogP) is 4.53. The van der Waals surface area contributed by atoms with E-state index < -0.39 is 0 Å². The van der Waals surface area contributed by atoms with E-state index >= 15 is 0 Å². The molecule has 0 unspecified atom stereocenters. The molecular formula is C19H25ClN2O4S. The minimum Gasteiger partial charge on any atom is -0.476 e. The van der Waals surface area contributed by atoms with E-state index in [0.29, 0.717) is 48.3 Å². The number of ether oxygens (including phenoxy) is 3. The van der Waals surface area contributed by atoms with Crippen LogP contribution in [0.1, 0.15) is 40.0 Å². The number of carbonyl (C=O) groups is 1. The normalized spacial score (nSPS) is 20.3. The maximum Gasteiger partial charge on any atom is 0.275 e. The number of pyridine rings is 1. The summed E-state index contributed by atoms with van der Waals surface area (Å²) < 4.78 is 17.1. The Morgan fingerprint density at radius 2 is 2.15 bits per heavy atom. The Morgan fingerprint density at radius 1 is 1.37 bits per heavy atom. The topological polar surface area (TPSA) is 70.5 Å². The Kier molecular flexibility index (Phi) is 6.89. The van der Waals surface area contributed by atoms with Gasteiger partial charge < -0.3 is 19.0 Å². The second kappa shape index (κ2) is 9.17. The molecule has 1 atom stereocenters. The minimum atomic E-state index is 0.210. The van der Waals surface area contributed by atoms with E-state index in [1.54, 1.807) is 13.0 Å². The molecule has 8 heteroatoms. The highest BCUT2D eigenvalue weighted by atomic mass is 35.5. The molecule has 0 amide bonds. The molecule has 1 saturated carbocycles. The molecule has 0 bridgehead atoms. The van der Waals surface area contributed by atoms with Crippen molar-refractivity contribution in [1.82, 2.24) is 9.97 Å². The van der Waals surface area contributed by atoms with E-state index in [1.165, 1.54) is 11.3 Å². The van der Waals surface area contributed by atoms with Crippen LogP contribution < -0.4 is 9.47 Å². The van der Waals surface area contributed by atoms with Gasteiger partial charge >= 0.3 is 0 Å². The lowest BCUT2D eigenvalue weighted by molar-refractivity contribution is -0.119. The van der Waals surface area contributed by atoms with Crippen LogP contribution in [0, 0.1) is 11.8 Å². The van der Waals surface area contributed by atoms with E-state index in [-0.39, 0.29) is 17.8 Å². The molecular weight excluding hydrogens is 388 g/mol. The molecule has 1 fully saturated rings. The van der Waals surface area contributed by atoms with Crippen LogP contribution in [0.5, 0.6) is 11.1 Å². The number of Topliss-reactive ketones (excluding diaryl/α,β-unsaturated/α-hetero) is 1. The maximum atomic E-state index is 11.1. The summed E-state index contributed by atoms with van der Waals surface area (Å²) in [6.07, 6.45) is 2.76. The summed E-state index contributed by atoms with van der Waals surface area (Å²) in [5, 5.41) is 1.05. The monoisotopic (exact) mass is 412 g/mol. The van der Waals surface area contributed by atoms with E-state index in [4.69, 9.17) is 25.8 Å². The summed E-state index contributed by atoms with van der Waals surface area (Å²) in [5.74, 6) is 1.36. The van der Waals surface area contributed by atoms with Crippen LogP contribution in [0.25, 0.3) is 10.3 Å². The van der Waals surface area contributed by atoms with Crippen LogP contribution in [0.15, 0.2) is 6.07 Å². The van der Waals surface area contributed by atoms with Gasteiger partial charge in [0.15, 0.2) is 4.83 Å². The van der Waals surface area contributed by atoms with E-state index in [0.717, 1.165) is 23.2 Å². The summed E-state index contributed by atoms with van der Waals surface area (Å²) in [5.41, 5.74) is 0.720. The van der Waals surface area contributed by atoms with Gasteiger partial charge in [-0.3, -0.25) is 0 Å². The van der Waals surface area contributed by atoms with Crippen LogP contribution >= 0.6 is 22.9 Å². The molecule has 0 aliphatic heterocycles. The third-order valence-electron chi connectivity index (χ3n) is 4.45. The van der Waals surface area contributed by atoms with Crippen LogP contribution in [-0.2, 0) is 9.53 Å². The first-order valence-electron chi connectivity index (χ1n) is 9.28. The number of thiazole rings is 1. The molecule has 3 rings (SSSR count). The van der Waals surface area contributed by atoms with Gasteiger partial charge in [0.25, 0.3) is 5.19 Å². The molecule has 0 saturated heterocycles. The van der Waals surface area contributed by atoms with Gasteiger partial charge in [0.1, 0.15) is 16.3 Å². The lowest BCUT2D eigenvalue weighted by Crippen LogP contribution is -2.36. The molecule has 148 valence electrons. The van der Waals surface area contributed by atoms with E-state index in [9.17, 15) is 4.79 Å². The molecule has 0 N–H and O–H groups in total. The summed E-state index contributed by atoms with van der Waals surface area (Å²) in [6, 6.07) is 1.77. The van der Waals surface area contributed by atoms with Crippen molar-refractivity contribution in [2.24, 2.45) is 11.8 Å². The smallest absolute Gasteiger partial charge is 0.275 e. The van der Waals surface area contributed by atoms with Crippen LogP contribution in [0.3, 0.4) is 0 Å². The lowest BCUT2D eigenvalue weighted by Gasteiger charge is -2.35. The number of fused-ring (bicyclic) bond motifs is 1. The molecule has 1 aliphatic rings. The van der Waals surface area contributed by atoms with Crippen molar-refractivity contribution in [1.29, 1.82) is 0 Å². The highest BCUT2D eigenvalue weighted by molar-refractivity contribution is 7.19. The van der Waals surface area contributed by atoms with Gasteiger partial charge in [-0.25, -0.2) is 4.98 Å². The van der Waals surface area contributed by atoms with Gasteiger partial charge in [0.2, 0.25) is 5.88 Å². The zero-order valence-electron chi connectivity index (χ0n) is 15.9. The third-order valence-corrected chi connectivity index (χ3v) is 5.60. The lowest BCUT2D eigenvalue weighted by atomic mass is 9.83. The van der Waals surface area contributed by atoms with Gasteiger partial charge in [0, 0.05) is 13.0 Å². The highest BCUT2D eigenvalue weighted by Crippen LogP contribution is 2.35. The summed E-state index contributed by atoms with van der Waals surface area (Å²) in [7, 11) is 0. The number of ketones is 1. The minimum absolute atomic E-state index is 0.210. The Hall–Kier alpha value is -1.44. The number of aromatic nitrogens is 2. The Morgan fingerprint density at radius 3 is 2.85 bits per heavy atom. The van der Waals surface area contributed by atoms with Crippen molar-refractivity contribution in [3.8, 4) is 11.1 Å². The van der Waals surface area contributed by atoms with Crippen molar-refractivity contribution in [2.45, 2.75) is 46.1 Å². The average molecular weight is 413 g/mol. The van der Waals surface area contributed by atoms with Crippen LogP contribution in [0.4, 0.5) is 0 Å².